The first-order valence-corrected chi connectivity index (χ1v) is 7.48. The maximum atomic E-state index is 13.4. The van der Waals surface area contributed by atoms with E-state index in [1.807, 2.05) is 26.9 Å². The Hall–Kier alpha value is -2.89. The largest absolute Gasteiger partial charge is 0.496 e. The Kier molecular flexibility index (Phi) is 4.47. The highest BCUT2D eigenvalue weighted by molar-refractivity contribution is 6.31. The van der Waals surface area contributed by atoms with Crippen molar-refractivity contribution in [1.29, 1.82) is 0 Å². The zero-order valence-electron chi connectivity index (χ0n) is 13.7. The van der Waals surface area contributed by atoms with Gasteiger partial charge in [0.15, 0.2) is 7.85 Å². The molecule has 2 heterocycles. The summed E-state index contributed by atoms with van der Waals surface area (Å²) < 4.78 is 24.6. The van der Waals surface area contributed by atoms with Gasteiger partial charge in [-0.3, -0.25) is 4.98 Å². The Morgan fingerprint density at radius 2 is 1.92 bits per heavy atom. The van der Waals surface area contributed by atoms with Gasteiger partial charge in [0.1, 0.15) is 17.3 Å². The molecule has 0 atom stereocenters. The molecule has 120 valence electrons. The number of hydrogen-bond acceptors (Lipinski definition) is 4. The number of hydrogen-bond donors (Lipinski definition) is 0. The molecule has 0 spiro atoms. The van der Waals surface area contributed by atoms with Crippen LogP contribution in [0.2, 0.25) is 0 Å². The van der Waals surface area contributed by atoms with E-state index in [1.54, 1.807) is 24.5 Å². The fourth-order valence-electron chi connectivity index (χ4n) is 2.35. The van der Waals surface area contributed by atoms with Crippen molar-refractivity contribution in [2.75, 3.05) is 7.11 Å². The molecule has 4 nitrogen and oxygen atoms in total. The lowest BCUT2D eigenvalue weighted by Gasteiger charge is -2.13. The van der Waals surface area contributed by atoms with Crippen LogP contribution in [0.5, 0.6) is 17.4 Å². The highest BCUT2D eigenvalue weighted by Crippen LogP contribution is 2.37. The van der Waals surface area contributed by atoms with Crippen LogP contribution in [-0.4, -0.2) is 24.9 Å². The Labute approximate surface area is 140 Å². The van der Waals surface area contributed by atoms with Crippen LogP contribution in [0.3, 0.4) is 0 Å². The molecule has 0 amide bonds. The van der Waals surface area contributed by atoms with Gasteiger partial charge in [-0.2, -0.15) is 0 Å². The average Bonchev–Trinajstić information content (AvgIpc) is 2.59. The summed E-state index contributed by atoms with van der Waals surface area (Å²) in [4.78, 5) is 8.60. The molecule has 0 N–H and O–H groups in total. The molecule has 2 aromatic heterocycles. The summed E-state index contributed by atoms with van der Waals surface area (Å²) in [6, 6.07) is 9.92. The molecular weight excluding hydrogens is 306 g/mol. The molecule has 0 radical (unpaired) electrons. The van der Waals surface area contributed by atoms with Crippen LogP contribution in [0.4, 0.5) is 4.39 Å². The van der Waals surface area contributed by atoms with Crippen LogP contribution in [0.1, 0.15) is 5.56 Å². The van der Waals surface area contributed by atoms with Crippen molar-refractivity contribution in [3.8, 4) is 28.5 Å². The lowest BCUT2D eigenvalue weighted by Crippen LogP contribution is -2.11. The predicted octanol–water partition coefficient (Wildman–Crippen LogP) is 2.65. The van der Waals surface area contributed by atoms with E-state index in [0.29, 0.717) is 28.5 Å². The van der Waals surface area contributed by atoms with Crippen LogP contribution in [0.25, 0.3) is 11.1 Å². The summed E-state index contributed by atoms with van der Waals surface area (Å²) in [5, 5.41) is 0. The van der Waals surface area contributed by atoms with Gasteiger partial charge in [-0.25, -0.2) is 9.37 Å². The third kappa shape index (κ3) is 3.22. The molecule has 24 heavy (non-hydrogen) atoms. The highest BCUT2D eigenvalue weighted by Gasteiger charge is 2.14. The topological polar surface area (TPSA) is 44.2 Å². The minimum Gasteiger partial charge on any atom is -0.496 e. The summed E-state index contributed by atoms with van der Waals surface area (Å²) in [7, 11) is 3.44. The minimum atomic E-state index is -0.361. The Bertz CT molecular complexity index is 887. The predicted molar refractivity (Wildman–Crippen MR) is 93.4 cm³/mol. The van der Waals surface area contributed by atoms with E-state index in [2.05, 4.69) is 9.97 Å². The Morgan fingerprint density at radius 1 is 1.08 bits per heavy atom. The van der Waals surface area contributed by atoms with Gasteiger partial charge in [-0.1, -0.05) is 0 Å². The number of halogens is 1. The minimum absolute atomic E-state index is 0.361. The second-order valence-corrected chi connectivity index (χ2v) is 5.38. The van der Waals surface area contributed by atoms with Crippen LogP contribution >= 0.6 is 0 Å². The molecule has 0 unspecified atom stereocenters. The van der Waals surface area contributed by atoms with E-state index in [0.717, 1.165) is 11.2 Å². The van der Waals surface area contributed by atoms with Gasteiger partial charge < -0.3 is 9.47 Å². The molecule has 3 rings (SSSR count). The normalized spacial score (nSPS) is 10.5. The summed E-state index contributed by atoms with van der Waals surface area (Å²) in [5.74, 6) is 1.07. The number of methoxy groups -OCH3 is 1. The van der Waals surface area contributed by atoms with Gasteiger partial charge in [-0.15, -0.1) is 0 Å². The molecule has 1 aromatic carbocycles. The van der Waals surface area contributed by atoms with Crippen molar-refractivity contribution in [2.45, 2.75) is 6.92 Å². The van der Waals surface area contributed by atoms with Crippen molar-refractivity contribution in [2.24, 2.45) is 0 Å². The molecule has 0 aliphatic heterocycles. The number of ether oxygens (including phenoxy) is 2. The zero-order chi connectivity index (χ0) is 17.1. The number of pyridine rings is 2. The van der Waals surface area contributed by atoms with Crippen LogP contribution < -0.4 is 15.1 Å². The quantitative estimate of drug-likeness (QED) is 0.693. The fraction of sp³-hybridized carbons (Fsp3) is 0.111. The van der Waals surface area contributed by atoms with Gasteiger partial charge in [0, 0.05) is 23.4 Å². The van der Waals surface area contributed by atoms with E-state index in [-0.39, 0.29) is 5.82 Å². The van der Waals surface area contributed by atoms with E-state index >= 15 is 0 Å². The smallest absolute Gasteiger partial charge is 0.227 e. The molecule has 6 heteroatoms. The van der Waals surface area contributed by atoms with Crippen LogP contribution in [-0.2, 0) is 0 Å². The summed E-state index contributed by atoms with van der Waals surface area (Å²) >= 11 is 0. The number of nitrogens with zero attached hydrogens (tertiary/aromatic N) is 2. The zero-order valence-corrected chi connectivity index (χ0v) is 13.7. The number of rotatable bonds is 4. The molecule has 0 bridgehead atoms. The third-order valence-corrected chi connectivity index (χ3v) is 3.75. The second kappa shape index (κ2) is 6.70. The molecule has 0 aliphatic carbocycles. The van der Waals surface area contributed by atoms with Crippen molar-refractivity contribution in [3.05, 3.63) is 60.2 Å². The highest BCUT2D eigenvalue weighted by atomic mass is 19.1. The summed E-state index contributed by atoms with van der Waals surface area (Å²) in [6.07, 6.45) is 3.30. The van der Waals surface area contributed by atoms with Gasteiger partial charge in [0.05, 0.1) is 13.3 Å². The summed E-state index contributed by atoms with van der Waals surface area (Å²) in [6.45, 7) is 1.97. The molecular formula is C18H16BFN2O2. The van der Waals surface area contributed by atoms with Gasteiger partial charge in [-0.05, 0) is 48.4 Å². The first-order valence-electron chi connectivity index (χ1n) is 7.48. The van der Waals surface area contributed by atoms with Gasteiger partial charge in [0.2, 0.25) is 5.88 Å². The fourth-order valence-corrected chi connectivity index (χ4v) is 2.35. The average molecular weight is 322 g/mol. The molecule has 3 aromatic rings. The second-order valence-electron chi connectivity index (χ2n) is 5.38. The van der Waals surface area contributed by atoms with E-state index in [4.69, 9.17) is 9.47 Å². The molecule has 0 aliphatic rings. The van der Waals surface area contributed by atoms with E-state index in [9.17, 15) is 4.39 Å². The first-order chi connectivity index (χ1) is 11.6. The number of benzene rings is 1. The summed E-state index contributed by atoms with van der Waals surface area (Å²) in [5.41, 5.74) is 3.40. The number of aromatic nitrogens is 2. The first kappa shape index (κ1) is 16.0. The Morgan fingerprint density at radius 3 is 2.67 bits per heavy atom. The Balaban J connectivity index is 2.04. The molecule has 0 fully saturated rings. The monoisotopic (exact) mass is 322 g/mol. The lowest BCUT2D eigenvalue weighted by atomic mass is 9.99. The number of aryl methyl sites for hydroxylation is 1. The SMILES string of the molecule is Bc1ncc(Oc2ncccc2-c2ccc(F)cc2OC)cc1C. The maximum absolute atomic E-state index is 13.4. The van der Waals surface area contributed by atoms with Crippen LogP contribution in [0, 0.1) is 12.7 Å². The van der Waals surface area contributed by atoms with Gasteiger partial charge in [0.25, 0.3) is 0 Å². The maximum Gasteiger partial charge on any atom is 0.227 e. The third-order valence-electron chi connectivity index (χ3n) is 3.75. The van der Waals surface area contributed by atoms with Crippen molar-refractivity contribution < 1.29 is 13.9 Å². The van der Waals surface area contributed by atoms with Crippen molar-refractivity contribution in [3.63, 3.8) is 0 Å². The van der Waals surface area contributed by atoms with Crippen molar-refractivity contribution in [1.82, 2.24) is 9.97 Å². The standard InChI is InChI=1S/C18H16BFN2O2/c1-11-8-13(10-22-17(11)19)24-18-15(4-3-7-21-18)14-6-5-12(20)9-16(14)23-2/h3-10H,19H2,1-2H3. The van der Waals surface area contributed by atoms with Crippen LogP contribution in [0.15, 0.2) is 48.8 Å². The molecule has 0 saturated carbocycles. The van der Waals surface area contributed by atoms with Crippen molar-refractivity contribution >= 4 is 13.4 Å². The van der Waals surface area contributed by atoms with E-state index < -0.39 is 0 Å². The molecule has 0 saturated heterocycles. The lowest BCUT2D eigenvalue weighted by molar-refractivity contribution is 0.412. The van der Waals surface area contributed by atoms with E-state index in [1.165, 1.54) is 19.2 Å². The van der Waals surface area contributed by atoms with Gasteiger partial charge >= 0.3 is 0 Å².